The van der Waals surface area contributed by atoms with E-state index in [1.807, 2.05) is 6.07 Å². The maximum atomic E-state index is 13.1. The summed E-state index contributed by atoms with van der Waals surface area (Å²) in [5.74, 6) is 0.471. The second kappa shape index (κ2) is 10.4. The Labute approximate surface area is 207 Å². The van der Waals surface area contributed by atoms with Crippen molar-refractivity contribution in [2.24, 2.45) is 4.99 Å². The van der Waals surface area contributed by atoms with Crippen molar-refractivity contribution in [2.75, 3.05) is 7.11 Å². The van der Waals surface area contributed by atoms with Crippen molar-refractivity contribution in [3.8, 4) is 11.5 Å². The molecular weight excluding hydrogens is 531 g/mol. The lowest BCUT2D eigenvalue weighted by atomic mass is 10.2. The van der Waals surface area contributed by atoms with Gasteiger partial charge in [-0.2, -0.15) is 0 Å². The van der Waals surface area contributed by atoms with Crippen molar-refractivity contribution in [1.29, 1.82) is 0 Å². The zero-order valence-corrected chi connectivity index (χ0v) is 20.4. The highest BCUT2D eigenvalue weighted by atomic mass is 79.9. The van der Waals surface area contributed by atoms with Gasteiger partial charge in [0.25, 0.3) is 5.91 Å². The van der Waals surface area contributed by atoms with Crippen molar-refractivity contribution in [3.05, 3.63) is 92.0 Å². The number of rotatable bonds is 6. The van der Waals surface area contributed by atoms with Crippen LogP contribution in [0.4, 0.5) is 10.1 Å². The zero-order valence-electron chi connectivity index (χ0n) is 17.3. The van der Waals surface area contributed by atoms with Gasteiger partial charge < -0.3 is 14.8 Å². The Bertz CT molecular complexity index is 1250. The molecular formula is C24H17BrClFN2O3S. The Balaban J connectivity index is 1.52. The van der Waals surface area contributed by atoms with Crippen molar-refractivity contribution >= 4 is 62.1 Å². The van der Waals surface area contributed by atoms with E-state index in [4.69, 9.17) is 21.1 Å². The quantitative estimate of drug-likeness (QED) is 0.348. The number of carbonyl (C=O) groups is 1. The number of amidine groups is 1. The van der Waals surface area contributed by atoms with E-state index in [-0.39, 0.29) is 18.3 Å². The molecule has 1 heterocycles. The molecule has 1 N–H and O–H groups in total. The lowest BCUT2D eigenvalue weighted by molar-refractivity contribution is -0.115. The van der Waals surface area contributed by atoms with Crippen LogP contribution < -0.4 is 14.8 Å². The molecule has 3 aromatic carbocycles. The Morgan fingerprint density at radius 3 is 2.58 bits per heavy atom. The van der Waals surface area contributed by atoms with Gasteiger partial charge in [-0.1, -0.05) is 23.7 Å². The molecule has 1 saturated heterocycles. The third-order valence-corrected chi connectivity index (χ3v) is 6.30. The van der Waals surface area contributed by atoms with Crippen molar-refractivity contribution < 1.29 is 18.7 Å². The van der Waals surface area contributed by atoms with Crippen LogP contribution in [0.2, 0.25) is 5.02 Å². The van der Waals surface area contributed by atoms with Crippen LogP contribution in [0.1, 0.15) is 11.1 Å². The summed E-state index contributed by atoms with van der Waals surface area (Å²) in [6, 6.07) is 16.7. The predicted molar refractivity (Wildman–Crippen MR) is 134 cm³/mol. The van der Waals surface area contributed by atoms with Crippen LogP contribution >= 0.6 is 39.3 Å². The van der Waals surface area contributed by atoms with E-state index in [0.29, 0.717) is 36.8 Å². The Hall–Kier alpha value is -2.81. The molecule has 0 radical (unpaired) electrons. The molecule has 0 atom stereocenters. The highest BCUT2D eigenvalue weighted by Gasteiger charge is 2.24. The Morgan fingerprint density at radius 2 is 1.88 bits per heavy atom. The largest absolute Gasteiger partial charge is 0.493 e. The first-order valence-corrected chi connectivity index (χ1v) is 11.7. The summed E-state index contributed by atoms with van der Waals surface area (Å²) < 4.78 is 25.1. The summed E-state index contributed by atoms with van der Waals surface area (Å²) >= 11 is 10.7. The number of nitrogens with one attached hydrogen (secondary N) is 1. The summed E-state index contributed by atoms with van der Waals surface area (Å²) in [5.41, 5.74) is 2.26. The molecule has 1 aliphatic heterocycles. The van der Waals surface area contributed by atoms with Gasteiger partial charge in [-0.05, 0) is 93.4 Å². The molecule has 3 aromatic rings. The molecule has 1 fully saturated rings. The third kappa shape index (κ3) is 5.96. The van der Waals surface area contributed by atoms with Crippen LogP contribution in [-0.2, 0) is 11.4 Å². The van der Waals surface area contributed by atoms with Gasteiger partial charge in [-0.15, -0.1) is 0 Å². The van der Waals surface area contributed by atoms with Gasteiger partial charge >= 0.3 is 0 Å². The van der Waals surface area contributed by atoms with Gasteiger partial charge in [0.05, 0.1) is 22.2 Å². The molecule has 1 amide bonds. The average Bonchev–Trinajstić information content (AvgIpc) is 3.13. The molecule has 168 valence electrons. The SMILES string of the molecule is COc1cc(/C=C2\SC(=Nc3ccc(Cl)cc3)NC2=O)cc(Br)c1OCc1ccc(F)cc1. The molecule has 0 bridgehead atoms. The molecule has 9 heteroatoms. The molecule has 0 aliphatic carbocycles. The first kappa shape index (κ1) is 23.4. The molecule has 1 aliphatic rings. The normalized spacial score (nSPS) is 15.7. The number of ether oxygens (including phenoxy) is 2. The molecule has 0 unspecified atom stereocenters. The first-order valence-electron chi connectivity index (χ1n) is 9.71. The second-order valence-electron chi connectivity index (χ2n) is 6.91. The summed E-state index contributed by atoms with van der Waals surface area (Å²) in [5, 5.41) is 3.87. The van der Waals surface area contributed by atoms with Crippen LogP contribution in [0.25, 0.3) is 6.08 Å². The van der Waals surface area contributed by atoms with Crippen LogP contribution in [0.3, 0.4) is 0 Å². The number of methoxy groups -OCH3 is 1. The fraction of sp³-hybridized carbons (Fsp3) is 0.0833. The highest BCUT2D eigenvalue weighted by molar-refractivity contribution is 9.10. The number of hydrogen-bond donors (Lipinski definition) is 1. The van der Waals surface area contributed by atoms with E-state index in [1.165, 1.54) is 31.0 Å². The minimum atomic E-state index is -0.301. The van der Waals surface area contributed by atoms with E-state index in [9.17, 15) is 9.18 Å². The van der Waals surface area contributed by atoms with E-state index >= 15 is 0 Å². The van der Waals surface area contributed by atoms with Crippen LogP contribution in [0, 0.1) is 5.82 Å². The Kier molecular flexibility index (Phi) is 7.37. The number of benzene rings is 3. The van der Waals surface area contributed by atoms with Crippen LogP contribution in [0.15, 0.2) is 75.0 Å². The fourth-order valence-electron chi connectivity index (χ4n) is 2.96. The standard InChI is InChI=1S/C24H17BrClFN2O3S/c1-31-20-11-15(10-19(25)22(20)32-13-14-2-6-17(27)7-3-14)12-21-23(30)29-24(33-21)28-18-8-4-16(26)5-9-18/h2-12H,13H2,1H3,(H,28,29,30)/b21-12-. The average molecular weight is 548 g/mol. The minimum absolute atomic E-state index is 0.237. The van der Waals surface area contributed by atoms with Gasteiger partial charge in [0, 0.05) is 5.02 Å². The van der Waals surface area contributed by atoms with E-state index in [2.05, 4.69) is 26.2 Å². The maximum Gasteiger partial charge on any atom is 0.264 e. The van der Waals surface area contributed by atoms with Crippen molar-refractivity contribution in [1.82, 2.24) is 5.32 Å². The van der Waals surface area contributed by atoms with Crippen LogP contribution in [0.5, 0.6) is 11.5 Å². The molecule has 4 rings (SSSR count). The van der Waals surface area contributed by atoms with E-state index < -0.39 is 0 Å². The zero-order chi connectivity index (χ0) is 23.4. The number of thioether (sulfide) groups is 1. The van der Waals surface area contributed by atoms with E-state index in [1.54, 1.807) is 48.5 Å². The van der Waals surface area contributed by atoms with Gasteiger partial charge in [-0.25, -0.2) is 9.38 Å². The number of halogens is 3. The lowest BCUT2D eigenvalue weighted by Gasteiger charge is -2.14. The highest BCUT2D eigenvalue weighted by Crippen LogP contribution is 2.39. The van der Waals surface area contributed by atoms with Gasteiger partial charge in [-0.3, -0.25) is 4.79 Å². The van der Waals surface area contributed by atoms with Crippen LogP contribution in [-0.4, -0.2) is 18.2 Å². The van der Waals surface area contributed by atoms with Crippen molar-refractivity contribution in [3.63, 3.8) is 0 Å². The second-order valence-corrected chi connectivity index (χ2v) is 9.23. The number of nitrogens with zero attached hydrogens (tertiary/aromatic N) is 1. The summed E-state index contributed by atoms with van der Waals surface area (Å²) in [7, 11) is 1.54. The number of aliphatic imine (C=N–C) groups is 1. The first-order chi connectivity index (χ1) is 15.9. The lowest BCUT2D eigenvalue weighted by Crippen LogP contribution is -2.19. The predicted octanol–water partition coefficient (Wildman–Crippen LogP) is 6.72. The van der Waals surface area contributed by atoms with E-state index in [0.717, 1.165) is 11.1 Å². The summed E-state index contributed by atoms with van der Waals surface area (Å²) in [6.07, 6.45) is 1.75. The fourth-order valence-corrected chi connectivity index (χ4v) is 4.51. The van der Waals surface area contributed by atoms with Gasteiger partial charge in [0.2, 0.25) is 0 Å². The third-order valence-electron chi connectivity index (χ3n) is 4.55. The Morgan fingerprint density at radius 1 is 1.15 bits per heavy atom. The molecule has 0 saturated carbocycles. The summed E-state index contributed by atoms with van der Waals surface area (Å²) in [6.45, 7) is 0.248. The molecule has 0 aromatic heterocycles. The maximum absolute atomic E-state index is 13.1. The minimum Gasteiger partial charge on any atom is -0.493 e. The summed E-state index contributed by atoms with van der Waals surface area (Å²) in [4.78, 5) is 17.4. The van der Waals surface area contributed by atoms with Gasteiger partial charge in [0.15, 0.2) is 16.7 Å². The molecule has 5 nitrogen and oxygen atoms in total. The monoisotopic (exact) mass is 546 g/mol. The van der Waals surface area contributed by atoms with Crippen molar-refractivity contribution in [2.45, 2.75) is 6.61 Å². The number of amides is 1. The van der Waals surface area contributed by atoms with Gasteiger partial charge in [0.1, 0.15) is 12.4 Å². The topological polar surface area (TPSA) is 59.9 Å². The smallest absolute Gasteiger partial charge is 0.264 e. The number of hydrogen-bond acceptors (Lipinski definition) is 5. The molecule has 0 spiro atoms. The molecule has 33 heavy (non-hydrogen) atoms. The number of carbonyl (C=O) groups excluding carboxylic acids is 1.